The lowest BCUT2D eigenvalue weighted by molar-refractivity contribution is -0.116. The first-order valence-corrected chi connectivity index (χ1v) is 10.5. The molecule has 0 fully saturated rings. The Kier molecular flexibility index (Phi) is 5.74. The molecule has 0 saturated heterocycles. The molecule has 0 aliphatic heterocycles. The van der Waals surface area contributed by atoms with E-state index < -0.39 is 0 Å². The Morgan fingerprint density at radius 3 is 2.93 bits per heavy atom. The monoisotopic (exact) mass is 426 g/mol. The van der Waals surface area contributed by atoms with Crippen molar-refractivity contribution in [1.82, 2.24) is 9.78 Å². The topological polar surface area (TPSA) is 93.1 Å². The maximum absolute atomic E-state index is 12.5. The van der Waals surface area contributed by atoms with E-state index in [0.717, 1.165) is 31.2 Å². The number of carbonyl (C=O) groups is 1. The first-order chi connectivity index (χ1) is 14.1. The standard InChI is InChI=1S/C20H18N4O3S2/c21-10-15-14-8-4-5-9-16(14)29-19(15)22-17(25)11-24-20(28)27-18(23-24)12-26-13-6-2-1-3-7-13/h1-3,6-7H,4-5,8-9,11-12H2,(H,22,25). The molecule has 2 heterocycles. The van der Waals surface area contributed by atoms with Gasteiger partial charge in [0, 0.05) is 4.88 Å². The van der Waals surface area contributed by atoms with E-state index in [9.17, 15) is 10.1 Å². The van der Waals surface area contributed by atoms with E-state index in [2.05, 4.69) is 16.5 Å². The summed E-state index contributed by atoms with van der Waals surface area (Å²) in [6, 6.07) is 11.5. The Morgan fingerprint density at radius 2 is 2.14 bits per heavy atom. The lowest BCUT2D eigenvalue weighted by Crippen LogP contribution is -2.19. The molecule has 4 rings (SSSR count). The normalized spacial score (nSPS) is 12.8. The average molecular weight is 427 g/mol. The Hall–Kier alpha value is -2.96. The van der Waals surface area contributed by atoms with Crippen LogP contribution in [0.3, 0.4) is 0 Å². The Morgan fingerprint density at radius 1 is 1.34 bits per heavy atom. The predicted molar refractivity (Wildman–Crippen MR) is 110 cm³/mol. The number of rotatable bonds is 6. The van der Waals surface area contributed by atoms with E-state index in [1.54, 1.807) is 0 Å². The van der Waals surface area contributed by atoms with Gasteiger partial charge in [0.05, 0.1) is 5.56 Å². The lowest BCUT2D eigenvalue weighted by atomic mass is 9.96. The molecule has 29 heavy (non-hydrogen) atoms. The largest absolute Gasteiger partial charge is 0.484 e. The second-order valence-corrected chi connectivity index (χ2v) is 8.05. The Bertz CT molecular complexity index is 1130. The summed E-state index contributed by atoms with van der Waals surface area (Å²) in [4.78, 5) is 13.8. The van der Waals surface area contributed by atoms with Crippen molar-refractivity contribution >= 4 is 34.5 Å². The molecule has 1 aromatic carbocycles. The van der Waals surface area contributed by atoms with Crippen LogP contribution in [0.1, 0.15) is 34.7 Å². The number of hydrogen-bond donors (Lipinski definition) is 1. The minimum absolute atomic E-state index is 0.0952. The minimum atomic E-state index is -0.306. The number of para-hydroxylation sites is 1. The number of aromatic nitrogens is 2. The van der Waals surface area contributed by atoms with Crippen molar-refractivity contribution in [3.05, 3.63) is 57.1 Å². The summed E-state index contributed by atoms with van der Waals surface area (Å²) in [6.45, 7) is 0.0135. The van der Waals surface area contributed by atoms with Crippen molar-refractivity contribution < 1.29 is 13.9 Å². The van der Waals surface area contributed by atoms with E-state index in [0.29, 0.717) is 16.3 Å². The summed E-state index contributed by atoms with van der Waals surface area (Å²) in [5.41, 5.74) is 1.66. The molecule has 0 saturated carbocycles. The highest BCUT2D eigenvalue weighted by atomic mass is 32.1. The highest BCUT2D eigenvalue weighted by Crippen LogP contribution is 2.37. The average Bonchev–Trinajstić information content (AvgIpc) is 3.26. The van der Waals surface area contributed by atoms with Crippen LogP contribution in [0.25, 0.3) is 0 Å². The molecular weight excluding hydrogens is 408 g/mol. The minimum Gasteiger partial charge on any atom is -0.484 e. The summed E-state index contributed by atoms with van der Waals surface area (Å²) in [5.74, 6) is 0.669. The quantitative estimate of drug-likeness (QED) is 0.593. The first kappa shape index (κ1) is 19.4. The second-order valence-electron chi connectivity index (χ2n) is 6.60. The lowest BCUT2D eigenvalue weighted by Gasteiger charge is -2.09. The van der Waals surface area contributed by atoms with Crippen LogP contribution < -0.4 is 10.1 Å². The highest BCUT2D eigenvalue weighted by molar-refractivity contribution is 7.71. The van der Waals surface area contributed by atoms with Crippen LogP contribution in [-0.2, 0) is 30.8 Å². The van der Waals surface area contributed by atoms with Crippen LogP contribution in [0.4, 0.5) is 5.00 Å². The van der Waals surface area contributed by atoms with Crippen molar-refractivity contribution in [1.29, 1.82) is 5.26 Å². The van der Waals surface area contributed by atoms with Crippen molar-refractivity contribution in [3.8, 4) is 11.8 Å². The summed E-state index contributed by atoms with van der Waals surface area (Å²) in [5, 5.41) is 17.2. The number of aryl methyl sites for hydroxylation is 1. The SMILES string of the molecule is N#Cc1c(NC(=O)Cn2nc(COc3ccccc3)oc2=S)sc2c1CCCC2. The third kappa shape index (κ3) is 4.39. The third-order valence-electron chi connectivity index (χ3n) is 4.58. The van der Waals surface area contributed by atoms with E-state index in [1.807, 2.05) is 30.3 Å². The molecule has 7 nitrogen and oxygen atoms in total. The van der Waals surface area contributed by atoms with Gasteiger partial charge in [0.25, 0.3) is 10.7 Å². The molecule has 0 bridgehead atoms. The van der Waals surface area contributed by atoms with Crippen LogP contribution in [0, 0.1) is 16.2 Å². The molecule has 3 aromatic rings. The Balaban J connectivity index is 1.41. The van der Waals surface area contributed by atoms with Crippen LogP contribution >= 0.6 is 23.6 Å². The summed E-state index contributed by atoms with van der Waals surface area (Å²) >= 11 is 6.64. The highest BCUT2D eigenvalue weighted by Gasteiger charge is 2.22. The number of ether oxygens (including phenoxy) is 1. The van der Waals surface area contributed by atoms with E-state index in [1.165, 1.54) is 20.9 Å². The van der Waals surface area contributed by atoms with Gasteiger partial charge in [-0.1, -0.05) is 18.2 Å². The van der Waals surface area contributed by atoms with Gasteiger partial charge in [0.1, 0.15) is 23.4 Å². The number of hydrogen-bond acceptors (Lipinski definition) is 7. The smallest absolute Gasteiger partial charge is 0.287 e. The second kappa shape index (κ2) is 8.59. The summed E-state index contributed by atoms with van der Waals surface area (Å²) in [6.07, 6.45) is 4.05. The molecule has 0 unspecified atom stereocenters. The zero-order valence-corrected chi connectivity index (χ0v) is 17.1. The number of nitriles is 1. The number of nitrogens with one attached hydrogen (secondary N) is 1. The fraction of sp³-hybridized carbons (Fsp3) is 0.300. The van der Waals surface area contributed by atoms with Gasteiger partial charge < -0.3 is 14.5 Å². The predicted octanol–water partition coefficient (Wildman–Crippen LogP) is 4.24. The molecule has 2 aromatic heterocycles. The van der Waals surface area contributed by atoms with Gasteiger partial charge in [-0.25, -0.2) is 4.68 Å². The van der Waals surface area contributed by atoms with Crippen LogP contribution in [0.2, 0.25) is 0 Å². The van der Waals surface area contributed by atoms with Crippen molar-refractivity contribution in [2.24, 2.45) is 0 Å². The van der Waals surface area contributed by atoms with Gasteiger partial charge in [-0.05, 0) is 55.6 Å². The number of benzene rings is 1. The maximum Gasteiger partial charge on any atom is 0.287 e. The van der Waals surface area contributed by atoms with E-state index in [4.69, 9.17) is 21.4 Å². The van der Waals surface area contributed by atoms with Crippen LogP contribution in [0.15, 0.2) is 34.7 Å². The van der Waals surface area contributed by atoms with Crippen molar-refractivity contribution in [2.75, 3.05) is 5.32 Å². The number of carbonyl (C=O) groups excluding carboxylic acids is 1. The third-order valence-corrected chi connectivity index (χ3v) is 6.08. The zero-order chi connectivity index (χ0) is 20.2. The summed E-state index contributed by atoms with van der Waals surface area (Å²) < 4.78 is 12.3. The number of amides is 1. The van der Waals surface area contributed by atoms with Crippen molar-refractivity contribution in [3.63, 3.8) is 0 Å². The van der Waals surface area contributed by atoms with E-state index >= 15 is 0 Å². The molecule has 9 heteroatoms. The van der Waals surface area contributed by atoms with Gasteiger partial charge in [-0.3, -0.25) is 4.79 Å². The Labute approximate surface area is 176 Å². The van der Waals surface area contributed by atoms with Crippen LogP contribution in [0.5, 0.6) is 5.75 Å². The molecule has 1 amide bonds. The molecule has 1 N–H and O–H groups in total. The first-order valence-electron chi connectivity index (χ1n) is 9.23. The number of anilines is 1. The molecule has 0 spiro atoms. The number of fused-ring (bicyclic) bond motifs is 1. The molecule has 0 atom stereocenters. The fourth-order valence-corrected chi connectivity index (χ4v) is 4.70. The van der Waals surface area contributed by atoms with Gasteiger partial charge >= 0.3 is 0 Å². The van der Waals surface area contributed by atoms with Crippen LogP contribution in [-0.4, -0.2) is 15.7 Å². The van der Waals surface area contributed by atoms with Gasteiger partial charge in [-0.2, -0.15) is 5.26 Å². The molecule has 1 aliphatic rings. The van der Waals surface area contributed by atoms with Gasteiger partial charge in [0.15, 0.2) is 6.61 Å². The summed E-state index contributed by atoms with van der Waals surface area (Å²) in [7, 11) is 0. The van der Waals surface area contributed by atoms with Gasteiger partial charge in [0.2, 0.25) is 5.91 Å². The zero-order valence-electron chi connectivity index (χ0n) is 15.5. The molecular formula is C20H18N4O3S2. The van der Waals surface area contributed by atoms with E-state index in [-0.39, 0.29) is 29.8 Å². The molecule has 0 radical (unpaired) electrons. The number of thiophene rings is 1. The van der Waals surface area contributed by atoms with Crippen molar-refractivity contribution in [2.45, 2.75) is 38.8 Å². The maximum atomic E-state index is 12.5. The number of nitrogens with zero attached hydrogens (tertiary/aromatic N) is 3. The fourth-order valence-electron chi connectivity index (χ4n) is 3.24. The molecule has 148 valence electrons. The molecule has 1 aliphatic carbocycles. The van der Waals surface area contributed by atoms with Gasteiger partial charge in [-0.15, -0.1) is 16.4 Å².